The van der Waals surface area contributed by atoms with Crippen molar-refractivity contribution in [1.82, 2.24) is 19.6 Å². The van der Waals surface area contributed by atoms with Crippen molar-refractivity contribution >= 4 is 11.2 Å². The summed E-state index contributed by atoms with van der Waals surface area (Å²) in [6, 6.07) is 7.17. The second-order valence-electron chi connectivity index (χ2n) is 4.78. The number of hydrogen-bond donors (Lipinski definition) is 1. The third kappa shape index (κ3) is 2.14. The van der Waals surface area contributed by atoms with Crippen LogP contribution >= 0.6 is 0 Å². The summed E-state index contributed by atoms with van der Waals surface area (Å²) in [6.45, 7) is 0. The van der Waals surface area contributed by atoms with Gasteiger partial charge in [0.25, 0.3) is 5.56 Å². The number of fused-ring (bicyclic) bond motifs is 1. The van der Waals surface area contributed by atoms with Crippen molar-refractivity contribution in [2.75, 3.05) is 7.11 Å². The van der Waals surface area contributed by atoms with Gasteiger partial charge in [-0.3, -0.25) is 4.79 Å². The Bertz CT molecular complexity index is 973. The fourth-order valence-electron chi connectivity index (χ4n) is 2.11. The molecular formula is C14H14N5O3+. The molecule has 0 amide bonds. The predicted octanol–water partition coefficient (Wildman–Crippen LogP) is -0.483. The van der Waals surface area contributed by atoms with Gasteiger partial charge in [-0.15, -0.1) is 4.68 Å². The largest absolute Gasteiger partial charge is 0.497 e. The molecule has 0 aliphatic heterocycles. The van der Waals surface area contributed by atoms with E-state index in [-0.39, 0.29) is 11.2 Å². The smallest absolute Gasteiger partial charge is 0.416 e. The fraction of sp³-hybridized carbons (Fsp3) is 0.214. The van der Waals surface area contributed by atoms with E-state index in [1.54, 1.807) is 38.4 Å². The summed E-state index contributed by atoms with van der Waals surface area (Å²) in [5, 5.41) is 4.29. The van der Waals surface area contributed by atoms with E-state index in [1.807, 2.05) is 0 Å². The number of ether oxygens (including phenoxy) is 1. The second-order valence-corrected chi connectivity index (χ2v) is 4.78. The topological polar surface area (TPSA) is 93.7 Å². The minimum absolute atomic E-state index is 0.158. The number of methoxy groups -OCH3 is 1. The average molecular weight is 300 g/mol. The molecule has 0 spiro atoms. The molecule has 0 unspecified atom stereocenters. The zero-order valence-corrected chi connectivity index (χ0v) is 12.3. The standard InChI is InChI=1S/C14H13N5O3/c1-18-13(20)10-12(16-14(18)21)19(2)17-11(15-10)8-4-6-9(22-3)7-5-8/h4-7H,1-3H3/p+1. The number of aryl methyl sites for hydroxylation is 1. The molecule has 0 saturated carbocycles. The third-order valence-electron chi connectivity index (χ3n) is 3.40. The van der Waals surface area contributed by atoms with E-state index >= 15 is 0 Å². The van der Waals surface area contributed by atoms with Crippen LogP contribution in [0.5, 0.6) is 5.75 Å². The van der Waals surface area contributed by atoms with Crippen molar-refractivity contribution in [1.29, 1.82) is 0 Å². The molecule has 3 rings (SSSR count). The molecule has 2 heterocycles. The quantitative estimate of drug-likeness (QED) is 0.645. The molecule has 8 heteroatoms. The number of nitrogens with zero attached hydrogens (tertiary/aromatic N) is 4. The van der Waals surface area contributed by atoms with Gasteiger partial charge in [0.1, 0.15) is 12.8 Å². The first-order valence-electron chi connectivity index (χ1n) is 6.53. The van der Waals surface area contributed by atoms with Gasteiger partial charge in [0.15, 0.2) is 0 Å². The van der Waals surface area contributed by atoms with Crippen molar-refractivity contribution in [3.8, 4) is 17.1 Å². The lowest BCUT2D eigenvalue weighted by atomic mass is 10.2. The first kappa shape index (κ1) is 13.9. The molecule has 0 aliphatic carbocycles. The van der Waals surface area contributed by atoms with Gasteiger partial charge in [-0.1, -0.05) is 5.10 Å². The maximum atomic E-state index is 12.2. The van der Waals surface area contributed by atoms with Crippen molar-refractivity contribution in [3.05, 3.63) is 45.1 Å². The molecule has 0 atom stereocenters. The van der Waals surface area contributed by atoms with Crippen LogP contribution in [0.2, 0.25) is 0 Å². The molecule has 2 aromatic heterocycles. The Hall–Kier alpha value is -3.03. The predicted molar refractivity (Wildman–Crippen MR) is 78.6 cm³/mol. The summed E-state index contributed by atoms with van der Waals surface area (Å²) < 4.78 is 7.52. The highest BCUT2D eigenvalue weighted by Gasteiger charge is 2.18. The first-order chi connectivity index (χ1) is 10.5. The lowest BCUT2D eigenvalue weighted by Crippen LogP contribution is -2.42. The van der Waals surface area contributed by atoms with Crippen molar-refractivity contribution in [2.24, 2.45) is 14.1 Å². The van der Waals surface area contributed by atoms with E-state index in [9.17, 15) is 9.59 Å². The number of H-pyrrole nitrogens is 1. The highest BCUT2D eigenvalue weighted by atomic mass is 16.5. The van der Waals surface area contributed by atoms with Crippen LogP contribution in [0.3, 0.4) is 0 Å². The summed E-state index contributed by atoms with van der Waals surface area (Å²) in [5.41, 5.74) is 0.211. The zero-order chi connectivity index (χ0) is 15.9. The third-order valence-corrected chi connectivity index (χ3v) is 3.40. The molecule has 3 aromatic rings. The number of aromatic amines is 1. The summed E-state index contributed by atoms with van der Waals surface area (Å²) in [6.07, 6.45) is 0. The van der Waals surface area contributed by atoms with Crippen LogP contribution in [0, 0.1) is 0 Å². The van der Waals surface area contributed by atoms with Gasteiger partial charge in [0.2, 0.25) is 11.3 Å². The Balaban J connectivity index is 2.28. The van der Waals surface area contributed by atoms with Crippen molar-refractivity contribution < 1.29 is 9.42 Å². The van der Waals surface area contributed by atoms with Crippen LogP contribution in [-0.2, 0) is 14.1 Å². The van der Waals surface area contributed by atoms with Crippen LogP contribution in [0.1, 0.15) is 0 Å². The van der Waals surface area contributed by atoms with Crippen LogP contribution < -0.4 is 20.7 Å². The lowest BCUT2D eigenvalue weighted by molar-refractivity contribution is -0.707. The van der Waals surface area contributed by atoms with Crippen molar-refractivity contribution in [2.45, 2.75) is 0 Å². The lowest BCUT2D eigenvalue weighted by Gasteiger charge is -2.03. The molecule has 0 aliphatic rings. The molecule has 1 N–H and O–H groups in total. The fourth-order valence-corrected chi connectivity index (χ4v) is 2.11. The normalized spacial score (nSPS) is 10.9. The van der Waals surface area contributed by atoms with E-state index in [0.717, 1.165) is 10.1 Å². The van der Waals surface area contributed by atoms with E-state index in [2.05, 4.69) is 15.1 Å². The summed E-state index contributed by atoms with van der Waals surface area (Å²) >= 11 is 0. The number of benzene rings is 1. The van der Waals surface area contributed by atoms with E-state index < -0.39 is 11.2 Å². The van der Waals surface area contributed by atoms with Crippen LogP contribution in [0.4, 0.5) is 0 Å². The summed E-state index contributed by atoms with van der Waals surface area (Å²) in [4.78, 5) is 30.7. The van der Waals surface area contributed by atoms with Gasteiger partial charge in [-0.05, 0) is 24.3 Å². The van der Waals surface area contributed by atoms with Crippen LogP contribution in [0.15, 0.2) is 33.9 Å². The number of rotatable bonds is 2. The SMILES string of the molecule is COc1ccc(-c2nc3c(=O)n(C)c(=O)[nH]c3[n+](C)n2)cc1. The Morgan fingerprint density at radius 2 is 1.91 bits per heavy atom. The molecule has 0 saturated heterocycles. The van der Waals surface area contributed by atoms with Gasteiger partial charge in [0.05, 0.1) is 7.11 Å². The zero-order valence-electron chi connectivity index (χ0n) is 12.3. The highest BCUT2D eigenvalue weighted by Crippen LogP contribution is 2.18. The highest BCUT2D eigenvalue weighted by molar-refractivity contribution is 5.67. The number of nitrogens with one attached hydrogen (secondary N) is 1. The molecule has 112 valence electrons. The van der Waals surface area contributed by atoms with Gasteiger partial charge < -0.3 is 4.74 Å². The minimum Gasteiger partial charge on any atom is -0.497 e. The molecular weight excluding hydrogens is 286 g/mol. The molecule has 1 aromatic carbocycles. The average Bonchev–Trinajstić information content (AvgIpc) is 2.54. The molecule has 0 fully saturated rings. The van der Waals surface area contributed by atoms with Gasteiger partial charge >= 0.3 is 11.3 Å². The maximum Gasteiger partial charge on any atom is 0.416 e. The second kappa shape index (κ2) is 5.06. The monoisotopic (exact) mass is 300 g/mol. The summed E-state index contributed by atoms with van der Waals surface area (Å²) in [5.74, 6) is 1.11. The Labute approximate surface area is 124 Å². The van der Waals surface area contributed by atoms with Gasteiger partial charge in [-0.25, -0.2) is 14.3 Å². The van der Waals surface area contributed by atoms with E-state index in [0.29, 0.717) is 11.6 Å². The molecule has 0 bridgehead atoms. The van der Waals surface area contributed by atoms with Gasteiger partial charge in [0, 0.05) is 12.6 Å². The molecule has 0 radical (unpaired) electrons. The van der Waals surface area contributed by atoms with Crippen molar-refractivity contribution in [3.63, 3.8) is 0 Å². The Morgan fingerprint density at radius 1 is 1.23 bits per heavy atom. The number of aromatic nitrogens is 5. The van der Waals surface area contributed by atoms with E-state index in [4.69, 9.17) is 4.74 Å². The van der Waals surface area contributed by atoms with Crippen LogP contribution in [-0.4, -0.2) is 26.7 Å². The van der Waals surface area contributed by atoms with E-state index in [1.165, 1.54) is 11.7 Å². The maximum absolute atomic E-state index is 12.2. The Kier molecular flexibility index (Phi) is 3.21. The summed E-state index contributed by atoms with van der Waals surface area (Å²) in [7, 11) is 4.63. The van der Waals surface area contributed by atoms with Gasteiger partial charge in [-0.2, -0.15) is 4.98 Å². The number of hydrogen-bond acceptors (Lipinski definition) is 5. The minimum atomic E-state index is -0.506. The molecule has 8 nitrogen and oxygen atoms in total. The molecule has 22 heavy (non-hydrogen) atoms. The first-order valence-corrected chi connectivity index (χ1v) is 6.53. The van der Waals surface area contributed by atoms with Crippen LogP contribution in [0.25, 0.3) is 22.6 Å². The Morgan fingerprint density at radius 3 is 2.55 bits per heavy atom.